The van der Waals surface area contributed by atoms with Gasteiger partial charge in [0.25, 0.3) is 20.0 Å². The van der Waals surface area contributed by atoms with E-state index in [0.717, 1.165) is 22.3 Å². The molecule has 0 bridgehead atoms. The number of benzene rings is 4. The molecule has 4 amide bonds. The standard InChI is InChI=1S/C30H30N4O6S2/c1-19-5-11-25(12-6-19)41(37,38)33-29(35)31-27-15-9-23(17-21(27)3)24-10-16-28(22(4)18-24)32-30(36)34-42(39,40)26-13-7-20(2)8-14-26/h5-18H,1-4H3,(H2,31,33,35)(H2,32,34,36). The number of urea groups is 2. The number of hydrogen-bond acceptors (Lipinski definition) is 6. The summed E-state index contributed by atoms with van der Waals surface area (Å²) in [5.74, 6) is 0. The minimum atomic E-state index is -4.03. The Bertz CT molecular complexity index is 1730. The molecule has 218 valence electrons. The first kappa shape index (κ1) is 30.3. The lowest BCUT2D eigenvalue weighted by Crippen LogP contribution is -2.34. The van der Waals surface area contributed by atoms with E-state index < -0.39 is 32.1 Å². The summed E-state index contributed by atoms with van der Waals surface area (Å²) in [4.78, 5) is 24.9. The summed E-state index contributed by atoms with van der Waals surface area (Å²) in [5.41, 5.74) is 5.65. The van der Waals surface area contributed by atoms with E-state index in [9.17, 15) is 26.4 Å². The summed E-state index contributed by atoms with van der Waals surface area (Å²) in [7, 11) is -8.07. The van der Waals surface area contributed by atoms with Gasteiger partial charge in [0.15, 0.2) is 0 Å². The smallest absolute Gasteiger partial charge is 0.307 e. The highest BCUT2D eigenvalue weighted by molar-refractivity contribution is 7.90. The summed E-state index contributed by atoms with van der Waals surface area (Å²) >= 11 is 0. The molecule has 0 aromatic heterocycles. The van der Waals surface area contributed by atoms with Crippen molar-refractivity contribution in [2.24, 2.45) is 0 Å². The average Bonchev–Trinajstić information content (AvgIpc) is 2.91. The maximum Gasteiger partial charge on any atom is 0.333 e. The quantitative estimate of drug-likeness (QED) is 0.215. The monoisotopic (exact) mass is 606 g/mol. The van der Waals surface area contributed by atoms with Crippen LogP contribution in [-0.4, -0.2) is 28.9 Å². The van der Waals surface area contributed by atoms with Gasteiger partial charge in [-0.25, -0.2) is 35.9 Å². The van der Waals surface area contributed by atoms with E-state index in [-0.39, 0.29) is 9.79 Å². The Morgan fingerprint density at radius 3 is 1.14 bits per heavy atom. The molecule has 12 heteroatoms. The van der Waals surface area contributed by atoms with Crippen molar-refractivity contribution in [2.45, 2.75) is 37.5 Å². The van der Waals surface area contributed by atoms with Crippen LogP contribution in [0.5, 0.6) is 0 Å². The van der Waals surface area contributed by atoms with E-state index in [1.807, 2.05) is 35.4 Å². The van der Waals surface area contributed by atoms with Crippen LogP contribution in [0.25, 0.3) is 11.1 Å². The Balaban J connectivity index is 1.41. The second kappa shape index (κ2) is 12.0. The number of carbonyl (C=O) groups is 2. The molecule has 10 nitrogen and oxygen atoms in total. The molecular formula is C30H30N4O6S2. The Kier molecular flexibility index (Phi) is 8.69. The molecule has 0 fully saturated rings. The topological polar surface area (TPSA) is 151 Å². The minimum Gasteiger partial charge on any atom is -0.307 e. The summed E-state index contributed by atoms with van der Waals surface area (Å²) < 4.78 is 54.1. The van der Waals surface area contributed by atoms with Gasteiger partial charge in [-0.3, -0.25) is 0 Å². The third-order valence-corrected chi connectivity index (χ3v) is 9.09. The van der Waals surface area contributed by atoms with Gasteiger partial charge in [-0.1, -0.05) is 47.5 Å². The van der Waals surface area contributed by atoms with Crippen molar-refractivity contribution in [1.29, 1.82) is 0 Å². The number of nitrogens with one attached hydrogen (secondary N) is 4. The van der Waals surface area contributed by atoms with Crippen LogP contribution in [0, 0.1) is 27.7 Å². The molecule has 0 aliphatic carbocycles. The molecule has 4 aromatic carbocycles. The highest BCUT2D eigenvalue weighted by Crippen LogP contribution is 2.28. The Morgan fingerprint density at radius 2 is 0.833 bits per heavy atom. The highest BCUT2D eigenvalue weighted by Gasteiger charge is 2.19. The number of rotatable bonds is 7. The maximum absolute atomic E-state index is 12.5. The largest absolute Gasteiger partial charge is 0.333 e. The summed E-state index contributed by atoms with van der Waals surface area (Å²) in [6.45, 7) is 7.21. The lowest BCUT2D eigenvalue weighted by molar-refractivity contribution is 0.255. The Hall–Kier alpha value is -4.68. The molecule has 0 spiro atoms. The van der Waals surface area contributed by atoms with Crippen LogP contribution in [0.2, 0.25) is 0 Å². The van der Waals surface area contributed by atoms with Gasteiger partial charge >= 0.3 is 12.1 Å². The van der Waals surface area contributed by atoms with Gasteiger partial charge < -0.3 is 10.6 Å². The van der Waals surface area contributed by atoms with Crippen LogP contribution < -0.4 is 20.1 Å². The summed E-state index contributed by atoms with van der Waals surface area (Å²) in [6.07, 6.45) is 0. The fourth-order valence-corrected chi connectivity index (χ4v) is 5.87. The predicted molar refractivity (Wildman–Crippen MR) is 162 cm³/mol. The molecule has 0 unspecified atom stereocenters. The molecule has 0 aliphatic heterocycles. The number of carbonyl (C=O) groups excluding carboxylic acids is 2. The van der Waals surface area contributed by atoms with E-state index in [4.69, 9.17) is 0 Å². The molecule has 4 rings (SSSR count). The number of sulfonamides is 2. The Morgan fingerprint density at radius 1 is 0.500 bits per heavy atom. The van der Waals surface area contributed by atoms with Crippen LogP contribution in [0.4, 0.5) is 21.0 Å². The normalized spacial score (nSPS) is 11.4. The van der Waals surface area contributed by atoms with E-state index in [2.05, 4.69) is 10.6 Å². The SMILES string of the molecule is Cc1ccc(S(=O)(=O)NC(=O)Nc2ccc(-c3ccc(NC(=O)NS(=O)(=O)c4ccc(C)cc4)c(C)c3)cc2C)cc1. The summed E-state index contributed by atoms with van der Waals surface area (Å²) in [6, 6.07) is 21.0. The zero-order valence-corrected chi connectivity index (χ0v) is 25.0. The minimum absolute atomic E-state index is 0.0194. The van der Waals surface area contributed by atoms with Crippen molar-refractivity contribution in [1.82, 2.24) is 9.44 Å². The van der Waals surface area contributed by atoms with Gasteiger partial charge in [0, 0.05) is 11.4 Å². The predicted octanol–water partition coefficient (Wildman–Crippen LogP) is 5.61. The molecule has 0 radical (unpaired) electrons. The zero-order valence-electron chi connectivity index (χ0n) is 23.3. The van der Waals surface area contributed by atoms with Gasteiger partial charge in [0.2, 0.25) is 0 Å². The number of hydrogen-bond donors (Lipinski definition) is 4. The molecule has 4 aromatic rings. The van der Waals surface area contributed by atoms with E-state index >= 15 is 0 Å². The van der Waals surface area contributed by atoms with Gasteiger partial charge in [-0.2, -0.15) is 0 Å². The zero-order chi connectivity index (χ0) is 30.7. The fourth-order valence-electron chi connectivity index (χ4n) is 4.06. The van der Waals surface area contributed by atoms with Crippen LogP contribution >= 0.6 is 0 Å². The number of amides is 4. The van der Waals surface area contributed by atoms with Crippen LogP contribution in [0.15, 0.2) is 94.7 Å². The van der Waals surface area contributed by atoms with Gasteiger partial charge in [-0.05, 0) is 98.5 Å². The van der Waals surface area contributed by atoms with Crippen molar-refractivity contribution in [3.8, 4) is 11.1 Å². The van der Waals surface area contributed by atoms with E-state index in [1.165, 1.54) is 24.3 Å². The molecule has 0 aliphatic rings. The third kappa shape index (κ3) is 7.33. The molecular weight excluding hydrogens is 576 g/mol. The van der Waals surface area contributed by atoms with E-state index in [0.29, 0.717) is 22.5 Å². The van der Waals surface area contributed by atoms with Gasteiger partial charge in [0.1, 0.15) is 0 Å². The van der Waals surface area contributed by atoms with Crippen molar-refractivity contribution in [2.75, 3.05) is 10.6 Å². The fraction of sp³-hybridized carbons (Fsp3) is 0.133. The molecule has 42 heavy (non-hydrogen) atoms. The lowest BCUT2D eigenvalue weighted by Gasteiger charge is -2.14. The van der Waals surface area contributed by atoms with Gasteiger partial charge in [0.05, 0.1) is 9.79 Å². The lowest BCUT2D eigenvalue weighted by atomic mass is 10.00. The molecule has 0 saturated carbocycles. The molecule has 0 atom stereocenters. The van der Waals surface area contributed by atoms with Gasteiger partial charge in [-0.15, -0.1) is 0 Å². The molecule has 0 heterocycles. The first-order valence-electron chi connectivity index (χ1n) is 12.8. The maximum atomic E-state index is 12.5. The van der Waals surface area contributed by atoms with Crippen molar-refractivity contribution < 1.29 is 26.4 Å². The molecule has 0 saturated heterocycles. The van der Waals surface area contributed by atoms with Crippen molar-refractivity contribution in [3.05, 3.63) is 107 Å². The molecule has 4 N–H and O–H groups in total. The van der Waals surface area contributed by atoms with Crippen LogP contribution in [0.1, 0.15) is 22.3 Å². The van der Waals surface area contributed by atoms with E-state index in [1.54, 1.807) is 62.4 Å². The second-order valence-corrected chi connectivity index (χ2v) is 13.2. The Labute approximate surface area is 245 Å². The highest BCUT2D eigenvalue weighted by atomic mass is 32.2. The number of anilines is 2. The second-order valence-electron chi connectivity index (χ2n) is 9.80. The first-order chi connectivity index (χ1) is 19.7. The van der Waals surface area contributed by atoms with Crippen molar-refractivity contribution in [3.63, 3.8) is 0 Å². The van der Waals surface area contributed by atoms with Crippen LogP contribution in [0.3, 0.4) is 0 Å². The first-order valence-corrected chi connectivity index (χ1v) is 15.7. The third-order valence-electron chi connectivity index (χ3n) is 6.40. The number of aryl methyl sites for hydroxylation is 4. The summed E-state index contributed by atoms with van der Waals surface area (Å²) in [5, 5.41) is 5.14. The van der Waals surface area contributed by atoms with Crippen LogP contribution in [-0.2, 0) is 20.0 Å². The average molecular weight is 607 g/mol. The van der Waals surface area contributed by atoms with Crippen molar-refractivity contribution >= 4 is 43.5 Å².